The van der Waals surface area contributed by atoms with Crippen molar-refractivity contribution in [2.45, 2.75) is 13.8 Å². The van der Waals surface area contributed by atoms with E-state index in [4.69, 9.17) is 21.4 Å². The number of fused-ring (bicyclic) bond motifs is 1. The number of carbonyl (C=O) groups is 1. The molecule has 0 saturated carbocycles. The lowest BCUT2D eigenvalue weighted by atomic mass is 10.1. The van der Waals surface area contributed by atoms with Gasteiger partial charge in [-0.05, 0) is 73.6 Å². The lowest BCUT2D eigenvalue weighted by Gasteiger charge is -2.12. The molecule has 2 N–H and O–H groups in total. The van der Waals surface area contributed by atoms with Crippen LogP contribution in [0.1, 0.15) is 21.5 Å². The van der Waals surface area contributed by atoms with E-state index in [0.29, 0.717) is 22.9 Å². The average Bonchev–Trinajstić information content (AvgIpc) is 3.18. The molecule has 1 heterocycles. The van der Waals surface area contributed by atoms with E-state index in [0.717, 1.165) is 27.8 Å². The summed E-state index contributed by atoms with van der Waals surface area (Å²) in [5.41, 5.74) is 5.69. The van der Waals surface area contributed by atoms with Gasteiger partial charge < -0.3 is 14.5 Å². The molecule has 0 bridgehead atoms. The first-order valence-corrected chi connectivity index (χ1v) is 10.1. The van der Waals surface area contributed by atoms with E-state index in [1.54, 1.807) is 24.3 Å². The maximum absolute atomic E-state index is 12.5. The number of anilines is 1. The number of nitrogens with one attached hydrogen (secondary N) is 2. The molecule has 0 spiro atoms. The van der Waals surface area contributed by atoms with Crippen molar-refractivity contribution in [3.05, 3.63) is 77.4 Å². The molecule has 0 atom stereocenters. The van der Waals surface area contributed by atoms with Gasteiger partial charge >= 0.3 is 0 Å². The number of para-hydroxylation sites is 1. The van der Waals surface area contributed by atoms with Crippen molar-refractivity contribution in [3.63, 3.8) is 0 Å². The minimum atomic E-state index is -0.351. The van der Waals surface area contributed by atoms with Crippen molar-refractivity contribution in [3.8, 4) is 17.2 Å². The highest BCUT2D eigenvalue weighted by Crippen LogP contribution is 2.28. The lowest BCUT2D eigenvalue weighted by molar-refractivity contribution is 0.0975. The van der Waals surface area contributed by atoms with E-state index in [-0.39, 0.29) is 11.0 Å². The Morgan fingerprint density at radius 1 is 1.06 bits per heavy atom. The van der Waals surface area contributed by atoms with Gasteiger partial charge in [0.15, 0.2) is 10.7 Å². The fraction of sp³-hybridized carbons (Fsp3) is 0.125. The van der Waals surface area contributed by atoms with Crippen LogP contribution in [0.5, 0.6) is 5.75 Å². The number of ether oxygens (including phenoxy) is 1. The van der Waals surface area contributed by atoms with Crippen LogP contribution in [0, 0.1) is 13.8 Å². The minimum absolute atomic E-state index is 0.178. The van der Waals surface area contributed by atoms with Crippen LogP contribution in [-0.2, 0) is 0 Å². The summed E-state index contributed by atoms with van der Waals surface area (Å²) in [6, 6.07) is 18.5. The summed E-state index contributed by atoms with van der Waals surface area (Å²) in [4.78, 5) is 17.1. The first-order chi connectivity index (χ1) is 14.9. The monoisotopic (exact) mass is 431 g/mol. The first kappa shape index (κ1) is 20.6. The molecule has 0 unspecified atom stereocenters. The number of oxazole rings is 1. The number of rotatable bonds is 4. The van der Waals surface area contributed by atoms with E-state index >= 15 is 0 Å². The summed E-state index contributed by atoms with van der Waals surface area (Å²) in [6.07, 6.45) is 0. The second kappa shape index (κ2) is 8.57. The number of nitrogens with zero attached hydrogens (tertiary/aromatic N) is 1. The zero-order valence-electron chi connectivity index (χ0n) is 17.4. The van der Waals surface area contributed by atoms with E-state index in [9.17, 15) is 4.79 Å². The van der Waals surface area contributed by atoms with Gasteiger partial charge in [-0.25, -0.2) is 4.98 Å². The number of hydrogen-bond donors (Lipinski definition) is 2. The van der Waals surface area contributed by atoms with Crippen molar-refractivity contribution in [2.75, 3.05) is 12.4 Å². The topological polar surface area (TPSA) is 76.4 Å². The zero-order valence-corrected chi connectivity index (χ0v) is 18.2. The third-order valence-electron chi connectivity index (χ3n) is 4.77. The maximum Gasteiger partial charge on any atom is 0.261 e. The molecular weight excluding hydrogens is 410 g/mol. The van der Waals surface area contributed by atoms with Gasteiger partial charge in [-0.3, -0.25) is 10.1 Å². The van der Waals surface area contributed by atoms with E-state index < -0.39 is 0 Å². The van der Waals surface area contributed by atoms with Gasteiger partial charge in [-0.2, -0.15) is 0 Å². The second-order valence-electron chi connectivity index (χ2n) is 7.14. The average molecular weight is 432 g/mol. The van der Waals surface area contributed by atoms with Crippen molar-refractivity contribution in [2.24, 2.45) is 0 Å². The molecule has 1 amide bonds. The molecule has 7 heteroatoms. The predicted octanol–water partition coefficient (Wildman–Crippen LogP) is 5.25. The molecule has 31 heavy (non-hydrogen) atoms. The Morgan fingerprint density at radius 3 is 2.68 bits per heavy atom. The van der Waals surface area contributed by atoms with E-state index in [1.807, 2.05) is 44.2 Å². The third kappa shape index (κ3) is 4.41. The molecule has 156 valence electrons. The zero-order chi connectivity index (χ0) is 22.0. The second-order valence-corrected chi connectivity index (χ2v) is 7.55. The van der Waals surface area contributed by atoms with Crippen LogP contribution in [0.2, 0.25) is 0 Å². The molecule has 0 aliphatic heterocycles. The van der Waals surface area contributed by atoms with E-state index in [1.165, 1.54) is 7.11 Å². The number of benzene rings is 3. The maximum atomic E-state index is 12.5. The molecular formula is C24H21N3O3S. The van der Waals surface area contributed by atoms with Gasteiger partial charge in [0.05, 0.1) is 12.7 Å². The van der Waals surface area contributed by atoms with Crippen LogP contribution in [0.4, 0.5) is 5.69 Å². The lowest BCUT2D eigenvalue weighted by Crippen LogP contribution is -2.34. The van der Waals surface area contributed by atoms with Crippen molar-refractivity contribution < 1.29 is 13.9 Å². The summed E-state index contributed by atoms with van der Waals surface area (Å²) in [7, 11) is 1.52. The number of hydrogen-bond acceptors (Lipinski definition) is 5. The van der Waals surface area contributed by atoms with Crippen LogP contribution in [0.15, 0.2) is 65.1 Å². The highest BCUT2D eigenvalue weighted by molar-refractivity contribution is 7.80. The Hall–Kier alpha value is -3.71. The number of aryl methyl sites for hydroxylation is 2. The number of thiocarbonyl (C=S) groups is 1. The van der Waals surface area contributed by atoms with Gasteiger partial charge in [0.2, 0.25) is 5.89 Å². The standard InChI is InChI=1S/C24H21N3O3S/c1-14-11-15(2)21-19(12-14)26-23(30-21)16-7-6-8-17(13-16)25-24(31)27-22(28)18-9-4-5-10-20(18)29-3/h4-13H,1-3H3,(H2,25,27,28,31). The Bertz CT molecular complexity index is 1300. The van der Waals surface area contributed by atoms with Gasteiger partial charge in [-0.1, -0.05) is 24.3 Å². The number of carbonyl (C=O) groups excluding carboxylic acids is 1. The summed E-state index contributed by atoms with van der Waals surface area (Å²) in [5.74, 6) is 0.651. The van der Waals surface area contributed by atoms with Gasteiger partial charge in [-0.15, -0.1) is 0 Å². The van der Waals surface area contributed by atoms with Crippen molar-refractivity contribution in [1.82, 2.24) is 10.3 Å². The Labute approximate surface area is 185 Å². The smallest absolute Gasteiger partial charge is 0.261 e. The highest BCUT2D eigenvalue weighted by Gasteiger charge is 2.14. The molecule has 1 aromatic heterocycles. The SMILES string of the molecule is COc1ccccc1C(=O)NC(=S)Nc1cccc(-c2nc3cc(C)cc(C)c3o2)c1. The quantitative estimate of drug-likeness (QED) is 0.430. The van der Waals surface area contributed by atoms with Crippen molar-refractivity contribution >= 4 is 40.0 Å². The molecule has 4 aromatic rings. The fourth-order valence-corrected chi connectivity index (χ4v) is 3.61. The van der Waals surface area contributed by atoms with Crippen LogP contribution < -0.4 is 15.4 Å². The summed E-state index contributed by atoms with van der Waals surface area (Å²) in [5, 5.41) is 5.89. The molecule has 0 aliphatic rings. The Morgan fingerprint density at radius 2 is 1.87 bits per heavy atom. The third-order valence-corrected chi connectivity index (χ3v) is 4.97. The van der Waals surface area contributed by atoms with Crippen molar-refractivity contribution in [1.29, 1.82) is 0 Å². The summed E-state index contributed by atoms with van der Waals surface area (Å²) in [6.45, 7) is 4.04. The van der Waals surface area contributed by atoms with Gasteiger partial charge in [0.1, 0.15) is 11.3 Å². The number of aromatic nitrogens is 1. The molecule has 3 aromatic carbocycles. The largest absolute Gasteiger partial charge is 0.496 e. The minimum Gasteiger partial charge on any atom is -0.496 e. The molecule has 0 aliphatic carbocycles. The molecule has 4 rings (SSSR count). The highest BCUT2D eigenvalue weighted by atomic mass is 32.1. The Balaban J connectivity index is 1.52. The van der Waals surface area contributed by atoms with Gasteiger partial charge in [0.25, 0.3) is 5.91 Å². The van der Waals surface area contributed by atoms with Crippen LogP contribution >= 0.6 is 12.2 Å². The molecule has 0 saturated heterocycles. The van der Waals surface area contributed by atoms with Crippen LogP contribution in [0.25, 0.3) is 22.6 Å². The van der Waals surface area contributed by atoms with Crippen LogP contribution in [0.3, 0.4) is 0 Å². The van der Waals surface area contributed by atoms with Crippen LogP contribution in [-0.4, -0.2) is 23.1 Å². The summed E-state index contributed by atoms with van der Waals surface area (Å²) < 4.78 is 11.2. The molecule has 6 nitrogen and oxygen atoms in total. The summed E-state index contributed by atoms with van der Waals surface area (Å²) >= 11 is 5.31. The Kier molecular flexibility index (Phi) is 5.68. The predicted molar refractivity (Wildman–Crippen MR) is 126 cm³/mol. The first-order valence-electron chi connectivity index (χ1n) is 9.68. The number of amides is 1. The molecule has 0 fully saturated rings. The molecule has 0 radical (unpaired) electrons. The van der Waals surface area contributed by atoms with E-state index in [2.05, 4.69) is 21.7 Å². The number of methoxy groups -OCH3 is 1. The fourth-order valence-electron chi connectivity index (χ4n) is 3.40. The van der Waals surface area contributed by atoms with Gasteiger partial charge in [0, 0.05) is 11.3 Å². The normalized spacial score (nSPS) is 10.7.